The second-order valence-corrected chi connectivity index (χ2v) is 6.37. The highest BCUT2D eigenvalue weighted by Crippen LogP contribution is 2.32. The topological polar surface area (TPSA) is 124 Å². The number of fused-ring (bicyclic) bond motifs is 1. The van der Waals surface area contributed by atoms with Gasteiger partial charge in [-0.15, -0.1) is 0 Å². The van der Waals surface area contributed by atoms with Crippen molar-refractivity contribution in [1.29, 1.82) is 0 Å². The zero-order chi connectivity index (χ0) is 19.7. The Kier molecular flexibility index (Phi) is 4.36. The van der Waals surface area contributed by atoms with Crippen molar-refractivity contribution in [2.24, 2.45) is 5.73 Å². The van der Waals surface area contributed by atoms with E-state index in [9.17, 15) is 4.79 Å². The number of amides is 1. The van der Waals surface area contributed by atoms with Crippen LogP contribution in [0, 0.1) is 0 Å². The number of hydrogen-bond acceptors (Lipinski definition) is 6. The Morgan fingerprint density at radius 2 is 1.96 bits per heavy atom. The lowest BCUT2D eigenvalue weighted by molar-refractivity contribution is 0.100. The van der Waals surface area contributed by atoms with Gasteiger partial charge in [0.25, 0.3) is 5.91 Å². The highest BCUT2D eigenvalue weighted by Gasteiger charge is 2.21. The van der Waals surface area contributed by atoms with Crippen molar-refractivity contribution in [3.63, 3.8) is 0 Å². The number of carbonyl (C=O) groups excluding carboxylic acids is 1. The zero-order valence-corrected chi connectivity index (χ0v) is 15.2. The van der Waals surface area contributed by atoms with E-state index in [0.717, 1.165) is 22.5 Å². The Hall–Kier alpha value is -3.94. The molecule has 5 N–H and O–H groups in total. The highest BCUT2D eigenvalue weighted by atomic mass is 16.1. The summed E-state index contributed by atoms with van der Waals surface area (Å²) in [7, 11) is 0. The van der Waals surface area contributed by atoms with Gasteiger partial charge in [-0.25, -0.2) is 9.97 Å². The first-order chi connectivity index (χ1) is 13.6. The first kappa shape index (κ1) is 17.5. The summed E-state index contributed by atoms with van der Waals surface area (Å²) in [6, 6.07) is 13.6. The van der Waals surface area contributed by atoms with Crippen LogP contribution in [0.2, 0.25) is 0 Å². The predicted molar refractivity (Wildman–Crippen MR) is 108 cm³/mol. The van der Waals surface area contributed by atoms with Crippen LogP contribution in [0.1, 0.15) is 28.9 Å². The smallest absolute Gasteiger partial charge is 0.256 e. The fourth-order valence-corrected chi connectivity index (χ4v) is 3.28. The number of nitrogens with two attached hydrogens (primary N) is 2. The van der Waals surface area contributed by atoms with Crippen LogP contribution in [0.5, 0.6) is 0 Å². The molecule has 0 fully saturated rings. The van der Waals surface area contributed by atoms with E-state index in [1.165, 1.54) is 6.33 Å². The Morgan fingerprint density at radius 1 is 1.14 bits per heavy atom. The molecular formula is C20H19N7O. The minimum atomic E-state index is -0.681. The van der Waals surface area contributed by atoms with Crippen LogP contribution in [0.15, 0.2) is 61.2 Å². The van der Waals surface area contributed by atoms with Crippen LogP contribution in [-0.4, -0.2) is 25.3 Å². The molecule has 0 saturated carbocycles. The van der Waals surface area contributed by atoms with E-state index in [1.807, 2.05) is 49.5 Å². The number of nitrogens with zero attached hydrogens (tertiary/aromatic N) is 4. The van der Waals surface area contributed by atoms with Crippen molar-refractivity contribution in [3.05, 3.63) is 72.3 Å². The number of aromatic nitrogens is 4. The first-order valence-corrected chi connectivity index (χ1v) is 8.74. The SMILES string of the molecule is CC(Nc1ncnc(N)c1C(N)=O)c1cc2ccccn2c1-c1ccccn1. The molecule has 0 radical (unpaired) electrons. The second-order valence-electron chi connectivity index (χ2n) is 6.37. The van der Waals surface area contributed by atoms with Gasteiger partial charge in [-0.05, 0) is 37.3 Å². The highest BCUT2D eigenvalue weighted by molar-refractivity contribution is 6.01. The number of hydrogen-bond donors (Lipinski definition) is 3. The third kappa shape index (κ3) is 3.01. The molecule has 4 rings (SSSR count). The summed E-state index contributed by atoms with van der Waals surface area (Å²) in [4.78, 5) is 24.3. The summed E-state index contributed by atoms with van der Waals surface area (Å²) in [6.07, 6.45) is 5.05. The van der Waals surface area contributed by atoms with Gasteiger partial charge in [-0.1, -0.05) is 12.1 Å². The molecule has 0 aliphatic rings. The maximum Gasteiger partial charge on any atom is 0.256 e. The molecule has 4 aromatic heterocycles. The average molecular weight is 373 g/mol. The normalized spacial score (nSPS) is 12.0. The van der Waals surface area contributed by atoms with Gasteiger partial charge in [-0.2, -0.15) is 0 Å². The number of anilines is 2. The Balaban J connectivity index is 1.82. The minimum absolute atomic E-state index is 0.0455. The summed E-state index contributed by atoms with van der Waals surface area (Å²) in [6.45, 7) is 1.98. The summed E-state index contributed by atoms with van der Waals surface area (Å²) in [5.74, 6) is -0.335. The van der Waals surface area contributed by atoms with E-state index in [4.69, 9.17) is 11.5 Å². The van der Waals surface area contributed by atoms with Gasteiger partial charge >= 0.3 is 0 Å². The van der Waals surface area contributed by atoms with E-state index in [0.29, 0.717) is 5.82 Å². The monoisotopic (exact) mass is 373 g/mol. The standard InChI is InChI=1S/C20H19N7O/c1-12(26-20-16(19(22)28)18(21)24-11-25-20)14-10-13-6-3-5-9-27(13)17(14)15-7-2-4-8-23-15/h2-12H,1H3,(H2,22,28)(H3,21,24,25,26). The third-order valence-corrected chi connectivity index (χ3v) is 4.56. The molecule has 0 spiro atoms. The molecule has 4 aromatic rings. The first-order valence-electron chi connectivity index (χ1n) is 8.74. The fraction of sp³-hybridized carbons (Fsp3) is 0.100. The molecule has 0 bridgehead atoms. The van der Waals surface area contributed by atoms with Gasteiger partial charge in [0.05, 0.1) is 17.4 Å². The minimum Gasteiger partial charge on any atom is -0.383 e. The summed E-state index contributed by atoms with van der Waals surface area (Å²) in [5, 5.41) is 3.25. The van der Waals surface area contributed by atoms with Crippen LogP contribution in [0.3, 0.4) is 0 Å². The number of carbonyl (C=O) groups is 1. The predicted octanol–water partition coefficient (Wildman–Crippen LogP) is 2.65. The molecule has 1 unspecified atom stereocenters. The zero-order valence-electron chi connectivity index (χ0n) is 15.2. The van der Waals surface area contributed by atoms with Crippen LogP contribution < -0.4 is 16.8 Å². The molecule has 1 atom stereocenters. The van der Waals surface area contributed by atoms with Crippen molar-refractivity contribution in [1.82, 2.24) is 19.4 Å². The lowest BCUT2D eigenvalue weighted by Gasteiger charge is -2.17. The van der Waals surface area contributed by atoms with Crippen molar-refractivity contribution >= 4 is 23.1 Å². The molecule has 140 valence electrons. The number of nitrogen functional groups attached to an aromatic ring is 1. The molecule has 0 aliphatic heterocycles. The van der Waals surface area contributed by atoms with Gasteiger partial charge in [0.15, 0.2) is 0 Å². The summed E-state index contributed by atoms with van der Waals surface area (Å²) in [5.41, 5.74) is 15.2. The Morgan fingerprint density at radius 3 is 2.71 bits per heavy atom. The molecule has 0 aromatic carbocycles. The molecule has 0 saturated heterocycles. The van der Waals surface area contributed by atoms with Crippen molar-refractivity contribution < 1.29 is 4.79 Å². The maximum atomic E-state index is 11.8. The van der Waals surface area contributed by atoms with Gasteiger partial charge in [0.2, 0.25) is 0 Å². The van der Waals surface area contributed by atoms with Gasteiger partial charge in [-0.3, -0.25) is 9.78 Å². The van der Waals surface area contributed by atoms with E-state index in [1.54, 1.807) is 6.20 Å². The Labute approximate surface area is 161 Å². The second kappa shape index (κ2) is 6.99. The molecular weight excluding hydrogens is 354 g/mol. The number of pyridine rings is 2. The van der Waals surface area contributed by atoms with Crippen LogP contribution in [0.4, 0.5) is 11.6 Å². The number of rotatable bonds is 5. The van der Waals surface area contributed by atoms with Crippen molar-refractivity contribution in [3.8, 4) is 11.4 Å². The number of nitrogens with one attached hydrogen (secondary N) is 1. The summed E-state index contributed by atoms with van der Waals surface area (Å²) < 4.78 is 2.08. The van der Waals surface area contributed by atoms with E-state index >= 15 is 0 Å². The fourth-order valence-electron chi connectivity index (χ4n) is 3.28. The van der Waals surface area contributed by atoms with Gasteiger partial charge in [0.1, 0.15) is 23.5 Å². The van der Waals surface area contributed by atoms with E-state index < -0.39 is 5.91 Å². The van der Waals surface area contributed by atoms with Crippen molar-refractivity contribution in [2.45, 2.75) is 13.0 Å². The maximum absolute atomic E-state index is 11.8. The van der Waals surface area contributed by atoms with Gasteiger partial charge in [0, 0.05) is 23.5 Å². The molecule has 4 heterocycles. The quantitative estimate of drug-likeness (QED) is 0.494. The molecule has 1 amide bonds. The Bertz CT molecular complexity index is 1150. The van der Waals surface area contributed by atoms with Crippen LogP contribution in [-0.2, 0) is 0 Å². The van der Waals surface area contributed by atoms with Crippen molar-refractivity contribution in [2.75, 3.05) is 11.1 Å². The lowest BCUT2D eigenvalue weighted by Crippen LogP contribution is -2.20. The summed E-state index contributed by atoms with van der Waals surface area (Å²) >= 11 is 0. The average Bonchev–Trinajstić information content (AvgIpc) is 3.08. The van der Waals surface area contributed by atoms with E-state index in [-0.39, 0.29) is 17.4 Å². The molecule has 0 aliphatic carbocycles. The van der Waals surface area contributed by atoms with E-state index in [2.05, 4.69) is 30.7 Å². The largest absolute Gasteiger partial charge is 0.383 e. The molecule has 8 nitrogen and oxygen atoms in total. The lowest BCUT2D eigenvalue weighted by atomic mass is 10.1. The molecule has 28 heavy (non-hydrogen) atoms. The third-order valence-electron chi connectivity index (χ3n) is 4.56. The number of primary amides is 1. The molecule has 8 heteroatoms. The van der Waals surface area contributed by atoms with Gasteiger partial charge < -0.3 is 21.2 Å². The van der Waals surface area contributed by atoms with Crippen LogP contribution in [0.25, 0.3) is 16.9 Å². The van der Waals surface area contributed by atoms with Crippen LogP contribution >= 0.6 is 0 Å².